The maximum atomic E-state index is 10.9. The summed E-state index contributed by atoms with van der Waals surface area (Å²) >= 11 is 0. The van der Waals surface area contributed by atoms with Crippen molar-refractivity contribution in [2.75, 3.05) is 13.7 Å². The fraction of sp³-hybridized carbons (Fsp3) is 0.357. The van der Waals surface area contributed by atoms with Gasteiger partial charge in [-0.1, -0.05) is 30.3 Å². The number of rotatable bonds is 5. The zero-order valence-electron chi connectivity index (χ0n) is 10.7. The highest BCUT2D eigenvalue weighted by Crippen LogP contribution is 2.29. The van der Waals surface area contributed by atoms with Crippen molar-refractivity contribution < 1.29 is 9.84 Å². The first-order chi connectivity index (χ1) is 8.70. The molecule has 1 heterocycles. The van der Waals surface area contributed by atoms with Gasteiger partial charge >= 0.3 is 0 Å². The summed E-state index contributed by atoms with van der Waals surface area (Å²) in [5.41, 5.74) is 0.406. The van der Waals surface area contributed by atoms with E-state index in [0.29, 0.717) is 0 Å². The number of ether oxygens (including phenoxy) is 1. The number of aryl methyl sites for hydroxylation is 1. The first-order valence-electron chi connectivity index (χ1n) is 6.00. The van der Waals surface area contributed by atoms with Gasteiger partial charge in [0, 0.05) is 25.4 Å². The third-order valence-corrected chi connectivity index (χ3v) is 3.04. The topological polar surface area (TPSA) is 47.3 Å². The molecule has 4 nitrogen and oxygen atoms in total. The lowest BCUT2D eigenvalue weighted by atomic mass is 9.89. The quantitative estimate of drug-likeness (QED) is 0.875. The van der Waals surface area contributed by atoms with Gasteiger partial charge in [0.2, 0.25) is 0 Å². The van der Waals surface area contributed by atoms with E-state index in [1.54, 1.807) is 18.0 Å². The molecule has 0 spiro atoms. The molecule has 0 bridgehead atoms. The van der Waals surface area contributed by atoms with Crippen molar-refractivity contribution in [2.45, 2.75) is 19.1 Å². The number of hydrogen-bond donors (Lipinski definition) is 1. The van der Waals surface area contributed by atoms with E-state index < -0.39 is 5.60 Å². The number of benzene rings is 1. The van der Waals surface area contributed by atoms with Gasteiger partial charge in [0.15, 0.2) is 0 Å². The third kappa shape index (κ3) is 2.30. The molecule has 2 rings (SSSR count). The lowest BCUT2D eigenvalue weighted by molar-refractivity contribution is -0.00334. The third-order valence-electron chi connectivity index (χ3n) is 3.04. The summed E-state index contributed by atoms with van der Waals surface area (Å²) < 4.78 is 6.96. The van der Waals surface area contributed by atoms with Gasteiger partial charge in [-0.15, -0.1) is 0 Å². The van der Waals surface area contributed by atoms with Crippen molar-refractivity contribution in [1.29, 1.82) is 0 Å². The Morgan fingerprint density at radius 2 is 2.00 bits per heavy atom. The molecule has 1 atom stereocenters. The molecular formula is C14H18N2O2. The summed E-state index contributed by atoms with van der Waals surface area (Å²) in [6.07, 6.45) is 3.54. The fourth-order valence-electron chi connectivity index (χ4n) is 2.01. The molecule has 2 aromatic rings. The molecule has 1 aromatic carbocycles. The Labute approximate surface area is 107 Å². The van der Waals surface area contributed by atoms with Crippen LogP contribution in [0, 0.1) is 0 Å². The minimum Gasteiger partial charge on any atom is -0.381 e. The van der Waals surface area contributed by atoms with Crippen LogP contribution in [0.3, 0.4) is 0 Å². The van der Waals surface area contributed by atoms with Gasteiger partial charge in [0.1, 0.15) is 5.60 Å². The van der Waals surface area contributed by atoms with Gasteiger partial charge in [-0.05, 0) is 12.5 Å². The molecule has 0 saturated heterocycles. The van der Waals surface area contributed by atoms with E-state index in [-0.39, 0.29) is 6.61 Å². The van der Waals surface area contributed by atoms with Crippen LogP contribution < -0.4 is 0 Å². The molecule has 1 aromatic heterocycles. The molecular weight excluding hydrogens is 228 g/mol. The van der Waals surface area contributed by atoms with Crippen LogP contribution in [0.15, 0.2) is 42.7 Å². The van der Waals surface area contributed by atoms with Crippen LogP contribution in [-0.2, 0) is 16.9 Å². The summed E-state index contributed by atoms with van der Waals surface area (Å²) in [7, 11) is 1.58. The second-order valence-electron chi connectivity index (χ2n) is 4.24. The van der Waals surface area contributed by atoms with Crippen molar-refractivity contribution in [3.63, 3.8) is 0 Å². The summed E-state index contributed by atoms with van der Waals surface area (Å²) in [5, 5.41) is 15.1. The van der Waals surface area contributed by atoms with E-state index in [1.165, 1.54) is 0 Å². The second-order valence-corrected chi connectivity index (χ2v) is 4.24. The molecule has 0 saturated carbocycles. The maximum absolute atomic E-state index is 10.9. The van der Waals surface area contributed by atoms with Crippen LogP contribution in [0.4, 0.5) is 0 Å². The van der Waals surface area contributed by atoms with E-state index in [0.717, 1.165) is 17.7 Å². The Bertz CT molecular complexity index is 496. The number of methoxy groups -OCH3 is 1. The van der Waals surface area contributed by atoms with E-state index in [4.69, 9.17) is 4.74 Å². The van der Waals surface area contributed by atoms with E-state index >= 15 is 0 Å². The maximum Gasteiger partial charge on any atom is 0.141 e. The molecule has 0 aliphatic rings. The Balaban J connectivity index is 2.43. The van der Waals surface area contributed by atoms with Crippen molar-refractivity contribution in [3.05, 3.63) is 53.9 Å². The lowest BCUT2D eigenvalue weighted by Crippen LogP contribution is -2.32. The van der Waals surface area contributed by atoms with Crippen molar-refractivity contribution in [2.24, 2.45) is 0 Å². The van der Waals surface area contributed by atoms with Crippen LogP contribution in [0.2, 0.25) is 0 Å². The van der Waals surface area contributed by atoms with Gasteiger partial charge in [-0.25, -0.2) is 0 Å². The van der Waals surface area contributed by atoms with Gasteiger partial charge < -0.3 is 9.84 Å². The van der Waals surface area contributed by atoms with Crippen LogP contribution in [0.25, 0.3) is 0 Å². The molecule has 0 radical (unpaired) electrons. The minimum absolute atomic E-state index is 0.201. The summed E-state index contributed by atoms with van der Waals surface area (Å²) in [6.45, 7) is 2.99. The summed E-state index contributed by atoms with van der Waals surface area (Å²) in [6, 6.07) is 9.51. The highest BCUT2D eigenvalue weighted by molar-refractivity contribution is 5.33. The van der Waals surface area contributed by atoms with Crippen molar-refractivity contribution in [1.82, 2.24) is 9.78 Å². The fourth-order valence-corrected chi connectivity index (χ4v) is 2.01. The van der Waals surface area contributed by atoms with E-state index in [2.05, 4.69) is 5.10 Å². The highest BCUT2D eigenvalue weighted by Gasteiger charge is 2.32. The Morgan fingerprint density at radius 3 is 2.56 bits per heavy atom. The smallest absolute Gasteiger partial charge is 0.141 e. The number of hydrogen-bond acceptors (Lipinski definition) is 3. The second kappa shape index (κ2) is 5.33. The van der Waals surface area contributed by atoms with Crippen LogP contribution in [0.5, 0.6) is 0 Å². The van der Waals surface area contributed by atoms with Crippen LogP contribution in [-0.4, -0.2) is 28.6 Å². The predicted molar refractivity (Wildman–Crippen MR) is 69.2 cm³/mol. The standard InChI is InChI=1S/C14H18N2O2/c1-3-16-10-13(9-15-16)14(17,11-18-2)12-7-5-4-6-8-12/h4-10,17H,3,11H2,1-2H3. The number of nitrogens with zero attached hydrogens (tertiary/aromatic N) is 2. The van der Waals surface area contributed by atoms with Gasteiger partial charge in [-0.2, -0.15) is 5.10 Å². The molecule has 18 heavy (non-hydrogen) atoms. The number of aromatic nitrogens is 2. The average molecular weight is 246 g/mol. The summed E-state index contributed by atoms with van der Waals surface area (Å²) in [5.74, 6) is 0. The first kappa shape index (κ1) is 12.8. The van der Waals surface area contributed by atoms with Gasteiger partial charge in [-0.3, -0.25) is 4.68 Å². The molecule has 0 aliphatic carbocycles. The van der Waals surface area contributed by atoms with E-state index in [9.17, 15) is 5.11 Å². The molecule has 0 amide bonds. The highest BCUT2D eigenvalue weighted by atomic mass is 16.5. The zero-order chi connectivity index (χ0) is 13.0. The van der Waals surface area contributed by atoms with Gasteiger partial charge in [0.25, 0.3) is 0 Å². The van der Waals surface area contributed by atoms with Gasteiger partial charge in [0.05, 0.1) is 12.8 Å². The van der Waals surface area contributed by atoms with E-state index in [1.807, 2.05) is 43.5 Å². The Hall–Kier alpha value is -1.65. The molecule has 4 heteroatoms. The van der Waals surface area contributed by atoms with Crippen LogP contribution >= 0.6 is 0 Å². The predicted octanol–water partition coefficient (Wildman–Crippen LogP) is 1.79. The Morgan fingerprint density at radius 1 is 1.28 bits per heavy atom. The largest absolute Gasteiger partial charge is 0.381 e. The molecule has 0 fully saturated rings. The summed E-state index contributed by atoms with van der Waals surface area (Å²) in [4.78, 5) is 0. The van der Waals surface area contributed by atoms with Crippen molar-refractivity contribution >= 4 is 0 Å². The number of aliphatic hydroxyl groups is 1. The normalized spacial score (nSPS) is 14.4. The molecule has 1 unspecified atom stereocenters. The Kier molecular flexibility index (Phi) is 3.79. The molecule has 0 aliphatic heterocycles. The SMILES string of the molecule is CCn1cc(C(O)(COC)c2ccccc2)cn1. The lowest BCUT2D eigenvalue weighted by Gasteiger charge is -2.26. The zero-order valence-corrected chi connectivity index (χ0v) is 10.7. The average Bonchev–Trinajstić information content (AvgIpc) is 2.89. The van der Waals surface area contributed by atoms with Crippen LogP contribution in [0.1, 0.15) is 18.1 Å². The first-order valence-corrected chi connectivity index (χ1v) is 6.00. The monoisotopic (exact) mass is 246 g/mol. The van der Waals surface area contributed by atoms with Crippen molar-refractivity contribution in [3.8, 4) is 0 Å². The minimum atomic E-state index is -1.15. The molecule has 1 N–H and O–H groups in total. The molecule has 96 valence electrons.